The molecule has 0 aliphatic carbocycles. The third-order valence-corrected chi connectivity index (χ3v) is 3.45. The van der Waals surface area contributed by atoms with Crippen molar-refractivity contribution in [2.24, 2.45) is 5.92 Å². The van der Waals surface area contributed by atoms with Gasteiger partial charge in [-0.15, -0.1) is 0 Å². The summed E-state index contributed by atoms with van der Waals surface area (Å²) >= 11 is 0. The summed E-state index contributed by atoms with van der Waals surface area (Å²) in [6.45, 7) is -1.82. The van der Waals surface area contributed by atoms with Crippen LogP contribution in [0.3, 0.4) is 0 Å². The number of hydrogen-bond acceptors (Lipinski definition) is 4. The highest BCUT2D eigenvalue weighted by atomic mass is 19.4. The van der Waals surface area contributed by atoms with E-state index in [1.807, 2.05) is 0 Å². The highest BCUT2D eigenvalue weighted by Crippen LogP contribution is 2.28. The summed E-state index contributed by atoms with van der Waals surface area (Å²) in [6.07, 6.45) is -4.10. The Kier molecular flexibility index (Phi) is 4.63. The maximum atomic E-state index is 12.8. The van der Waals surface area contributed by atoms with Gasteiger partial charge in [-0.3, -0.25) is 14.6 Å². The SMILES string of the molecule is N#C[C@H](C(=O)[C@@H]1CC(=O)N(CC(F)(F)F)C1)c1ccc(F)cn1. The maximum absolute atomic E-state index is 12.8. The molecule has 1 saturated heterocycles. The summed E-state index contributed by atoms with van der Waals surface area (Å²) in [5.74, 6) is -4.49. The molecule has 0 spiro atoms. The molecule has 1 amide bonds. The van der Waals surface area contributed by atoms with Crippen molar-refractivity contribution in [1.29, 1.82) is 5.26 Å². The number of hydrogen-bond donors (Lipinski definition) is 0. The van der Waals surface area contributed by atoms with Gasteiger partial charge < -0.3 is 4.90 Å². The van der Waals surface area contributed by atoms with Gasteiger partial charge in [-0.1, -0.05) is 0 Å². The number of carbonyl (C=O) groups excluding carboxylic acids is 2. The molecule has 122 valence electrons. The average molecular weight is 329 g/mol. The minimum atomic E-state index is -4.55. The fourth-order valence-corrected chi connectivity index (χ4v) is 2.40. The van der Waals surface area contributed by atoms with Crippen LogP contribution in [0, 0.1) is 23.1 Å². The van der Waals surface area contributed by atoms with Gasteiger partial charge in [0.25, 0.3) is 0 Å². The second kappa shape index (κ2) is 6.32. The van der Waals surface area contributed by atoms with Gasteiger partial charge in [-0.25, -0.2) is 4.39 Å². The van der Waals surface area contributed by atoms with Crippen molar-refractivity contribution in [1.82, 2.24) is 9.88 Å². The van der Waals surface area contributed by atoms with Crippen molar-refractivity contribution in [2.45, 2.75) is 18.5 Å². The lowest BCUT2D eigenvalue weighted by molar-refractivity contribution is -0.157. The molecule has 9 heteroatoms. The zero-order valence-electron chi connectivity index (χ0n) is 11.7. The van der Waals surface area contributed by atoms with Gasteiger partial charge in [0.15, 0.2) is 5.78 Å². The third kappa shape index (κ3) is 4.03. The van der Waals surface area contributed by atoms with E-state index in [0.29, 0.717) is 4.90 Å². The van der Waals surface area contributed by atoms with Crippen LogP contribution >= 0.6 is 0 Å². The van der Waals surface area contributed by atoms with E-state index in [0.717, 1.165) is 18.3 Å². The molecule has 0 aromatic carbocycles. The Morgan fingerprint density at radius 2 is 2.17 bits per heavy atom. The zero-order chi connectivity index (χ0) is 17.2. The number of halogens is 4. The van der Waals surface area contributed by atoms with Crippen molar-refractivity contribution in [3.63, 3.8) is 0 Å². The van der Waals surface area contributed by atoms with E-state index in [1.165, 1.54) is 0 Å². The molecule has 5 nitrogen and oxygen atoms in total. The zero-order valence-corrected chi connectivity index (χ0v) is 11.7. The third-order valence-electron chi connectivity index (χ3n) is 3.45. The highest BCUT2D eigenvalue weighted by Gasteiger charge is 2.42. The molecule has 1 aliphatic heterocycles. The number of carbonyl (C=O) groups is 2. The number of aromatic nitrogens is 1. The van der Waals surface area contributed by atoms with Gasteiger partial charge in [0.1, 0.15) is 18.3 Å². The van der Waals surface area contributed by atoms with Crippen LogP contribution < -0.4 is 0 Å². The number of nitriles is 1. The Labute approximate surface area is 128 Å². The first-order valence-corrected chi connectivity index (χ1v) is 6.60. The van der Waals surface area contributed by atoms with Crippen molar-refractivity contribution in [3.8, 4) is 6.07 Å². The lowest BCUT2D eigenvalue weighted by Gasteiger charge is -2.18. The van der Waals surface area contributed by atoms with Crippen molar-refractivity contribution in [2.75, 3.05) is 13.1 Å². The van der Waals surface area contributed by atoms with E-state index in [9.17, 15) is 27.2 Å². The number of amides is 1. The molecule has 2 heterocycles. The number of ketones is 1. The van der Waals surface area contributed by atoms with Crippen LogP contribution in [0.5, 0.6) is 0 Å². The van der Waals surface area contributed by atoms with Crippen molar-refractivity contribution < 1.29 is 27.2 Å². The molecular formula is C14H11F4N3O2. The minimum absolute atomic E-state index is 0.000574. The normalized spacial score (nSPS) is 19.5. The van der Waals surface area contributed by atoms with Crippen LogP contribution in [0.2, 0.25) is 0 Å². The summed E-state index contributed by atoms with van der Waals surface area (Å²) in [5.41, 5.74) is 0.000574. The second-order valence-electron chi connectivity index (χ2n) is 5.16. The van der Waals surface area contributed by atoms with Gasteiger partial charge in [-0.2, -0.15) is 18.4 Å². The number of likely N-dealkylation sites (tertiary alicyclic amines) is 1. The van der Waals surface area contributed by atoms with Gasteiger partial charge in [0.2, 0.25) is 5.91 Å². The quantitative estimate of drug-likeness (QED) is 0.790. The van der Waals surface area contributed by atoms with E-state index in [4.69, 9.17) is 5.26 Å². The smallest absolute Gasteiger partial charge is 0.333 e. The fraction of sp³-hybridized carbons (Fsp3) is 0.429. The van der Waals surface area contributed by atoms with Gasteiger partial charge >= 0.3 is 6.18 Å². The molecule has 1 aromatic heterocycles. The monoisotopic (exact) mass is 329 g/mol. The molecule has 0 bridgehead atoms. The van der Waals surface area contributed by atoms with Gasteiger partial charge in [-0.05, 0) is 12.1 Å². The Morgan fingerprint density at radius 1 is 1.48 bits per heavy atom. The molecular weight excluding hydrogens is 318 g/mol. The molecule has 2 atom stereocenters. The molecule has 0 saturated carbocycles. The van der Waals surface area contributed by atoms with Crippen LogP contribution in [0.15, 0.2) is 18.3 Å². The summed E-state index contributed by atoms with van der Waals surface area (Å²) in [4.78, 5) is 28.1. The largest absolute Gasteiger partial charge is 0.406 e. The Balaban J connectivity index is 2.12. The predicted octanol–water partition coefficient (Wildman–Crippen LogP) is 1.81. The molecule has 23 heavy (non-hydrogen) atoms. The number of alkyl halides is 3. The average Bonchev–Trinajstić information content (AvgIpc) is 2.81. The Hall–Kier alpha value is -2.50. The summed E-state index contributed by atoms with van der Waals surface area (Å²) < 4.78 is 49.9. The number of pyridine rings is 1. The highest BCUT2D eigenvalue weighted by molar-refractivity contribution is 5.95. The molecule has 1 aliphatic rings. The summed E-state index contributed by atoms with van der Waals surface area (Å²) in [6, 6.07) is 3.89. The number of rotatable bonds is 4. The minimum Gasteiger partial charge on any atom is -0.333 e. The van der Waals surface area contributed by atoms with E-state index in [2.05, 4.69) is 4.98 Å². The summed E-state index contributed by atoms with van der Waals surface area (Å²) in [7, 11) is 0. The Bertz CT molecular complexity index is 651. The molecule has 0 radical (unpaired) electrons. The van der Waals surface area contributed by atoms with Crippen LogP contribution in [0.1, 0.15) is 18.0 Å². The lowest BCUT2D eigenvalue weighted by Crippen LogP contribution is -2.36. The molecule has 0 unspecified atom stereocenters. The van der Waals surface area contributed by atoms with Crippen molar-refractivity contribution in [3.05, 3.63) is 29.8 Å². The second-order valence-corrected chi connectivity index (χ2v) is 5.16. The molecule has 2 rings (SSSR count). The maximum Gasteiger partial charge on any atom is 0.406 e. The van der Waals surface area contributed by atoms with E-state index in [-0.39, 0.29) is 12.1 Å². The van der Waals surface area contributed by atoms with E-state index >= 15 is 0 Å². The first-order valence-electron chi connectivity index (χ1n) is 6.60. The van der Waals surface area contributed by atoms with Crippen LogP contribution in [0.25, 0.3) is 0 Å². The summed E-state index contributed by atoms with van der Waals surface area (Å²) in [5, 5.41) is 9.11. The number of nitrogens with zero attached hydrogens (tertiary/aromatic N) is 3. The molecule has 1 fully saturated rings. The van der Waals surface area contributed by atoms with E-state index < -0.39 is 48.6 Å². The van der Waals surface area contributed by atoms with Crippen LogP contribution in [-0.4, -0.2) is 40.8 Å². The van der Waals surface area contributed by atoms with Crippen LogP contribution in [-0.2, 0) is 9.59 Å². The topological polar surface area (TPSA) is 74.1 Å². The first kappa shape index (κ1) is 16.9. The van der Waals surface area contributed by atoms with Gasteiger partial charge in [0.05, 0.1) is 18.0 Å². The van der Waals surface area contributed by atoms with Crippen LogP contribution in [0.4, 0.5) is 17.6 Å². The molecule has 0 N–H and O–H groups in total. The first-order chi connectivity index (χ1) is 10.7. The Morgan fingerprint density at radius 3 is 2.70 bits per heavy atom. The van der Waals surface area contributed by atoms with E-state index in [1.54, 1.807) is 6.07 Å². The predicted molar refractivity (Wildman–Crippen MR) is 68.3 cm³/mol. The molecule has 1 aromatic rings. The number of Topliss-reactive ketones (excluding diaryl/α,β-unsaturated/α-hetero) is 1. The van der Waals surface area contributed by atoms with Gasteiger partial charge in [0, 0.05) is 18.9 Å². The lowest BCUT2D eigenvalue weighted by atomic mass is 9.90. The standard InChI is InChI=1S/C14H11F4N3O2/c15-9-1-2-11(20-5-9)10(4-19)13(23)8-3-12(22)21(6-8)7-14(16,17)18/h1-2,5,8,10H,3,6-7H2/t8-,10+/m1/s1. The van der Waals surface area contributed by atoms with Crippen molar-refractivity contribution >= 4 is 11.7 Å². The fourth-order valence-electron chi connectivity index (χ4n) is 2.40.